The van der Waals surface area contributed by atoms with Gasteiger partial charge in [-0.1, -0.05) is 17.7 Å². The molecule has 5 nitrogen and oxygen atoms in total. The number of esters is 1. The summed E-state index contributed by atoms with van der Waals surface area (Å²) in [6.07, 6.45) is 0.252. The van der Waals surface area contributed by atoms with E-state index in [2.05, 4.69) is 0 Å². The number of amides is 1. The summed E-state index contributed by atoms with van der Waals surface area (Å²) < 4.78 is 4.69. The Bertz CT molecular complexity index is 517. The van der Waals surface area contributed by atoms with Crippen LogP contribution in [0.3, 0.4) is 0 Å². The Morgan fingerprint density at radius 2 is 2.32 bits per heavy atom. The number of carbonyl (C=O) groups is 2. The highest BCUT2D eigenvalue weighted by Crippen LogP contribution is 2.34. The maximum atomic E-state index is 12.0. The number of benzene rings is 1. The third kappa shape index (κ3) is 2.57. The average Bonchev–Trinajstić information content (AvgIpc) is 2.78. The van der Waals surface area contributed by atoms with Crippen LogP contribution >= 0.6 is 11.6 Å². The zero-order valence-corrected chi connectivity index (χ0v) is 11.2. The molecule has 1 aliphatic heterocycles. The van der Waals surface area contributed by atoms with Crippen molar-refractivity contribution in [3.05, 3.63) is 28.8 Å². The number of methoxy groups -OCH3 is 1. The summed E-state index contributed by atoms with van der Waals surface area (Å²) in [7, 11) is 1.27. The van der Waals surface area contributed by atoms with Gasteiger partial charge in [0.05, 0.1) is 23.4 Å². The highest BCUT2D eigenvalue weighted by Gasteiger charge is 2.33. The first kappa shape index (κ1) is 13.8. The van der Waals surface area contributed by atoms with E-state index < -0.39 is 5.97 Å². The van der Waals surface area contributed by atoms with E-state index in [9.17, 15) is 9.59 Å². The molecular weight excluding hydrogens is 270 g/mol. The Morgan fingerprint density at radius 1 is 1.58 bits per heavy atom. The van der Waals surface area contributed by atoms with Crippen LogP contribution in [0.4, 0.5) is 5.69 Å². The van der Waals surface area contributed by atoms with Gasteiger partial charge in [-0.2, -0.15) is 0 Å². The van der Waals surface area contributed by atoms with Crippen molar-refractivity contribution in [1.82, 2.24) is 0 Å². The first-order valence-electron chi connectivity index (χ1n) is 5.86. The van der Waals surface area contributed by atoms with E-state index in [1.165, 1.54) is 12.0 Å². The molecule has 1 aromatic rings. The lowest BCUT2D eigenvalue weighted by Gasteiger charge is -2.20. The summed E-state index contributed by atoms with van der Waals surface area (Å²) in [6.45, 7) is 0.281. The molecule has 1 amide bonds. The fraction of sp³-hybridized carbons (Fsp3) is 0.385. The molecule has 0 aliphatic carbocycles. The molecule has 1 unspecified atom stereocenters. The zero-order valence-electron chi connectivity index (χ0n) is 10.4. The predicted molar refractivity (Wildman–Crippen MR) is 70.3 cm³/mol. The van der Waals surface area contributed by atoms with Crippen LogP contribution in [-0.2, 0) is 9.53 Å². The van der Waals surface area contributed by atoms with Crippen molar-refractivity contribution >= 4 is 29.2 Å². The number of aliphatic hydroxyl groups excluding tert-OH is 1. The zero-order chi connectivity index (χ0) is 14.0. The molecule has 1 N–H and O–H groups in total. The second kappa shape index (κ2) is 5.59. The van der Waals surface area contributed by atoms with Crippen molar-refractivity contribution in [1.29, 1.82) is 0 Å². The van der Waals surface area contributed by atoms with Gasteiger partial charge in [0.1, 0.15) is 0 Å². The number of aliphatic hydroxyl groups is 1. The topological polar surface area (TPSA) is 66.8 Å². The number of para-hydroxylation sites is 1. The second-order valence-corrected chi connectivity index (χ2v) is 4.79. The standard InChI is InChI=1S/C13H14ClNO4/c1-19-13(18)9-3-2-4-10(14)12(9)15-6-8(7-16)5-11(15)17/h2-4,8,16H,5-7H2,1H3. The van der Waals surface area contributed by atoms with E-state index in [1.807, 2.05) is 0 Å². The van der Waals surface area contributed by atoms with Gasteiger partial charge >= 0.3 is 5.97 Å². The van der Waals surface area contributed by atoms with Crippen LogP contribution in [0, 0.1) is 5.92 Å². The molecule has 102 valence electrons. The fourth-order valence-electron chi connectivity index (χ4n) is 2.18. The van der Waals surface area contributed by atoms with Crippen LogP contribution in [0.1, 0.15) is 16.8 Å². The minimum atomic E-state index is -0.544. The first-order chi connectivity index (χ1) is 9.08. The minimum Gasteiger partial charge on any atom is -0.465 e. The van der Waals surface area contributed by atoms with Gasteiger partial charge in [0, 0.05) is 25.5 Å². The van der Waals surface area contributed by atoms with Crippen LogP contribution in [0.2, 0.25) is 5.02 Å². The highest BCUT2D eigenvalue weighted by atomic mass is 35.5. The Balaban J connectivity index is 2.44. The molecule has 0 spiro atoms. The van der Waals surface area contributed by atoms with Crippen LogP contribution < -0.4 is 4.90 Å². The molecule has 0 bridgehead atoms. The summed E-state index contributed by atoms with van der Waals surface area (Å²) in [4.78, 5) is 25.1. The maximum absolute atomic E-state index is 12.0. The second-order valence-electron chi connectivity index (χ2n) is 4.38. The lowest BCUT2D eigenvalue weighted by molar-refractivity contribution is -0.117. The van der Waals surface area contributed by atoms with Gasteiger partial charge < -0.3 is 14.7 Å². The Morgan fingerprint density at radius 3 is 2.89 bits per heavy atom. The number of carbonyl (C=O) groups excluding carboxylic acids is 2. The smallest absolute Gasteiger partial charge is 0.340 e. The Kier molecular flexibility index (Phi) is 4.07. The third-order valence-corrected chi connectivity index (χ3v) is 3.43. The highest BCUT2D eigenvalue weighted by molar-refractivity contribution is 6.34. The predicted octanol–water partition coefficient (Wildman–Crippen LogP) is 1.47. The van der Waals surface area contributed by atoms with Crippen LogP contribution in [0.5, 0.6) is 0 Å². The van der Waals surface area contributed by atoms with Gasteiger partial charge in [0.2, 0.25) is 5.91 Å². The maximum Gasteiger partial charge on any atom is 0.340 e. The molecule has 0 radical (unpaired) electrons. The molecule has 1 saturated heterocycles. The normalized spacial score (nSPS) is 18.8. The minimum absolute atomic E-state index is 0.0692. The van der Waals surface area contributed by atoms with Crippen molar-refractivity contribution < 1.29 is 19.4 Å². The number of halogens is 1. The molecule has 1 aromatic carbocycles. The monoisotopic (exact) mass is 283 g/mol. The molecule has 6 heteroatoms. The quantitative estimate of drug-likeness (QED) is 0.853. The van der Waals surface area contributed by atoms with Crippen molar-refractivity contribution in [2.75, 3.05) is 25.2 Å². The Labute approximate surface area is 115 Å². The van der Waals surface area contributed by atoms with E-state index in [0.29, 0.717) is 17.3 Å². The summed E-state index contributed by atoms with van der Waals surface area (Å²) in [6, 6.07) is 4.80. The molecule has 2 rings (SSSR count). The SMILES string of the molecule is COC(=O)c1cccc(Cl)c1N1CC(CO)CC1=O. The fourth-order valence-corrected chi connectivity index (χ4v) is 2.46. The molecule has 1 heterocycles. The molecule has 19 heavy (non-hydrogen) atoms. The van der Waals surface area contributed by atoms with E-state index >= 15 is 0 Å². The molecule has 1 fully saturated rings. The van der Waals surface area contributed by atoms with Crippen molar-refractivity contribution in [2.45, 2.75) is 6.42 Å². The molecule has 0 saturated carbocycles. The molecular formula is C13H14ClNO4. The van der Waals surface area contributed by atoms with Crippen molar-refractivity contribution in [3.8, 4) is 0 Å². The van der Waals surface area contributed by atoms with Crippen molar-refractivity contribution in [3.63, 3.8) is 0 Å². The summed E-state index contributed by atoms with van der Waals surface area (Å²) in [5.74, 6) is -0.829. The Hall–Kier alpha value is -1.59. The largest absolute Gasteiger partial charge is 0.465 e. The molecule has 1 aliphatic rings. The van der Waals surface area contributed by atoms with Gasteiger partial charge in [-0.05, 0) is 12.1 Å². The number of ether oxygens (including phenoxy) is 1. The number of nitrogens with zero attached hydrogens (tertiary/aromatic N) is 1. The summed E-state index contributed by atoms with van der Waals surface area (Å²) >= 11 is 6.10. The summed E-state index contributed by atoms with van der Waals surface area (Å²) in [5.41, 5.74) is 0.610. The number of anilines is 1. The van der Waals surface area contributed by atoms with Crippen molar-refractivity contribution in [2.24, 2.45) is 5.92 Å². The van der Waals surface area contributed by atoms with Gasteiger partial charge in [0.25, 0.3) is 0 Å². The van der Waals surface area contributed by atoms with E-state index in [1.54, 1.807) is 18.2 Å². The van der Waals surface area contributed by atoms with Gasteiger partial charge in [-0.15, -0.1) is 0 Å². The number of hydrogen-bond acceptors (Lipinski definition) is 4. The van der Waals surface area contributed by atoms with Crippen LogP contribution in [0.25, 0.3) is 0 Å². The van der Waals surface area contributed by atoms with Gasteiger partial charge in [-0.25, -0.2) is 4.79 Å². The average molecular weight is 284 g/mol. The van der Waals surface area contributed by atoms with E-state index in [0.717, 1.165) is 0 Å². The third-order valence-electron chi connectivity index (χ3n) is 3.13. The first-order valence-corrected chi connectivity index (χ1v) is 6.24. The summed E-state index contributed by atoms with van der Waals surface area (Å²) in [5, 5.41) is 9.45. The number of hydrogen-bond donors (Lipinski definition) is 1. The molecule has 1 atom stereocenters. The van der Waals surface area contributed by atoms with E-state index in [4.69, 9.17) is 21.4 Å². The molecule has 0 aromatic heterocycles. The number of rotatable bonds is 3. The van der Waals surface area contributed by atoms with E-state index in [-0.39, 0.29) is 30.4 Å². The van der Waals surface area contributed by atoms with Crippen LogP contribution in [0.15, 0.2) is 18.2 Å². The lowest BCUT2D eigenvalue weighted by Crippen LogP contribution is -2.27. The van der Waals surface area contributed by atoms with Crippen LogP contribution in [-0.4, -0.2) is 37.2 Å². The van der Waals surface area contributed by atoms with Gasteiger partial charge in [-0.3, -0.25) is 4.79 Å². The van der Waals surface area contributed by atoms with Gasteiger partial charge in [0.15, 0.2) is 0 Å². The lowest BCUT2D eigenvalue weighted by atomic mass is 10.1.